The number of carbonyl (C=O) groups excluding carboxylic acids is 4. The van der Waals surface area contributed by atoms with Crippen LogP contribution in [0.15, 0.2) is 0 Å². The maximum Gasteiger partial charge on any atom is 0.355 e. The lowest BCUT2D eigenvalue weighted by Crippen LogP contribution is -2.30. The topological polar surface area (TPSA) is 110 Å². The van der Waals surface area contributed by atoms with Crippen LogP contribution in [-0.2, 0) is 18.9 Å². The molecule has 0 saturated carbocycles. The van der Waals surface area contributed by atoms with Crippen LogP contribution in [0.25, 0.3) is 0 Å². The number of carbonyl (C=O) groups is 4. The first-order chi connectivity index (χ1) is 10.9. The van der Waals surface area contributed by atoms with E-state index in [1.807, 2.05) is 0 Å². The van der Waals surface area contributed by atoms with Gasteiger partial charge in [0.05, 0.1) is 27.4 Å². The third-order valence-electron chi connectivity index (χ3n) is 3.45. The van der Waals surface area contributed by atoms with Gasteiger partial charge in [-0.2, -0.15) is 0 Å². The molecule has 0 aliphatic carbocycles. The summed E-state index contributed by atoms with van der Waals surface area (Å²) in [6.07, 6.45) is 0. The summed E-state index contributed by atoms with van der Waals surface area (Å²) >= 11 is 0. The lowest BCUT2D eigenvalue weighted by molar-refractivity contribution is 0.0345. The molecule has 1 aliphatic heterocycles. The normalized spacial score (nSPS) is 16.2. The Balaban J connectivity index is 2.94. The summed E-state index contributed by atoms with van der Waals surface area (Å²) in [4.78, 5) is 48.5. The Morgan fingerprint density at radius 3 is 2.04 bits per heavy atom. The van der Waals surface area contributed by atoms with E-state index in [1.165, 1.54) is 4.57 Å². The van der Waals surface area contributed by atoms with Crippen LogP contribution in [0.5, 0.6) is 0 Å². The molecule has 1 aliphatic rings. The lowest BCUT2D eigenvalue weighted by atomic mass is 10.1. The highest BCUT2D eigenvalue weighted by Gasteiger charge is 2.42. The fraction of sp³-hybridized carbons (Fsp3) is 0.429. The van der Waals surface area contributed by atoms with Crippen molar-refractivity contribution in [2.24, 2.45) is 0 Å². The van der Waals surface area contributed by atoms with Gasteiger partial charge in [0, 0.05) is 0 Å². The van der Waals surface area contributed by atoms with Gasteiger partial charge in [0.25, 0.3) is 0 Å². The number of hydrogen-bond donors (Lipinski definition) is 0. The van der Waals surface area contributed by atoms with Crippen molar-refractivity contribution in [3.05, 3.63) is 22.5 Å². The summed E-state index contributed by atoms with van der Waals surface area (Å²) < 4.78 is 20.2. The van der Waals surface area contributed by atoms with Crippen LogP contribution in [-0.4, -0.2) is 56.4 Å². The average Bonchev–Trinajstić information content (AvgIpc) is 2.93. The zero-order valence-electron chi connectivity index (χ0n) is 13.0. The summed E-state index contributed by atoms with van der Waals surface area (Å²) in [5.41, 5.74) is -1.25. The number of rotatable bonds is 3. The lowest BCUT2D eigenvalue weighted by Gasteiger charge is -2.24. The second-order valence-corrected chi connectivity index (χ2v) is 4.74. The average molecular weight is 325 g/mol. The summed E-state index contributed by atoms with van der Waals surface area (Å²) in [6, 6.07) is -0.487. The van der Waals surface area contributed by atoms with Crippen molar-refractivity contribution < 1.29 is 38.1 Å². The molecule has 2 rings (SSSR count). The van der Waals surface area contributed by atoms with Crippen molar-refractivity contribution >= 4 is 23.9 Å². The Labute approximate surface area is 131 Å². The van der Waals surface area contributed by atoms with Crippen LogP contribution in [0, 0.1) is 0 Å². The summed E-state index contributed by atoms with van der Waals surface area (Å²) in [5.74, 6) is -3.66. The van der Waals surface area contributed by atoms with Crippen LogP contribution in [0.1, 0.15) is 54.7 Å². The largest absolute Gasteiger partial charge is 0.465 e. The van der Waals surface area contributed by atoms with Gasteiger partial charge in [0.2, 0.25) is 0 Å². The van der Waals surface area contributed by atoms with Crippen LogP contribution in [0.2, 0.25) is 0 Å². The molecule has 23 heavy (non-hydrogen) atoms. The van der Waals surface area contributed by atoms with Crippen LogP contribution < -0.4 is 0 Å². The maximum atomic E-state index is 12.1. The van der Waals surface area contributed by atoms with E-state index in [4.69, 9.17) is 4.74 Å². The Morgan fingerprint density at radius 1 is 1.00 bits per heavy atom. The number of methoxy groups -OCH3 is 3. The third kappa shape index (κ3) is 2.43. The van der Waals surface area contributed by atoms with E-state index < -0.39 is 29.9 Å². The molecule has 0 saturated heterocycles. The minimum atomic E-state index is -0.965. The van der Waals surface area contributed by atoms with Crippen molar-refractivity contribution in [2.45, 2.75) is 13.0 Å². The fourth-order valence-electron chi connectivity index (χ4n) is 2.47. The number of ether oxygens (including phenoxy) is 4. The van der Waals surface area contributed by atoms with E-state index in [0.29, 0.717) is 0 Å². The molecule has 0 bridgehead atoms. The van der Waals surface area contributed by atoms with Gasteiger partial charge in [0.1, 0.15) is 29.1 Å². The standard InChI is InChI=1S/C14H15NO8/c1-6-5-23-14(19)10-8(12(17)21-3)7(11(16)20-2)9(15(6)10)13(18)22-4/h6H,5H2,1-4H3. The van der Waals surface area contributed by atoms with Gasteiger partial charge in [-0.25, -0.2) is 19.2 Å². The molecule has 2 heterocycles. The molecular weight excluding hydrogens is 310 g/mol. The van der Waals surface area contributed by atoms with Crippen molar-refractivity contribution in [3.8, 4) is 0 Å². The number of nitrogens with zero attached hydrogens (tertiary/aromatic N) is 1. The molecule has 0 radical (unpaired) electrons. The number of esters is 4. The monoisotopic (exact) mass is 325 g/mol. The van der Waals surface area contributed by atoms with Crippen molar-refractivity contribution in [2.75, 3.05) is 27.9 Å². The highest BCUT2D eigenvalue weighted by molar-refractivity contribution is 6.15. The zero-order chi connectivity index (χ0) is 17.3. The summed E-state index contributed by atoms with van der Waals surface area (Å²) in [7, 11) is 3.29. The summed E-state index contributed by atoms with van der Waals surface area (Å²) in [6.45, 7) is 1.64. The first kappa shape index (κ1) is 16.5. The Morgan fingerprint density at radius 2 is 1.52 bits per heavy atom. The van der Waals surface area contributed by atoms with Crippen LogP contribution in [0.3, 0.4) is 0 Å². The predicted molar refractivity (Wildman–Crippen MR) is 73.4 cm³/mol. The number of aromatic nitrogens is 1. The highest BCUT2D eigenvalue weighted by atomic mass is 16.5. The Kier molecular flexibility index (Phi) is 4.39. The molecular formula is C14H15NO8. The number of cyclic esters (lactones) is 1. The van der Waals surface area contributed by atoms with Crippen molar-refractivity contribution in [1.29, 1.82) is 0 Å². The third-order valence-corrected chi connectivity index (χ3v) is 3.45. The van der Waals surface area contributed by atoms with E-state index in [9.17, 15) is 19.2 Å². The summed E-state index contributed by atoms with van der Waals surface area (Å²) in [5, 5.41) is 0. The quantitative estimate of drug-likeness (QED) is 0.586. The Hall–Kier alpha value is -2.84. The van der Waals surface area contributed by atoms with Gasteiger partial charge in [-0.05, 0) is 6.92 Å². The van der Waals surface area contributed by atoms with E-state index in [2.05, 4.69) is 14.2 Å². The van der Waals surface area contributed by atoms with E-state index >= 15 is 0 Å². The van der Waals surface area contributed by atoms with Gasteiger partial charge in [-0.3, -0.25) is 0 Å². The van der Waals surface area contributed by atoms with Gasteiger partial charge >= 0.3 is 23.9 Å². The minimum absolute atomic E-state index is 0.0221. The molecule has 9 heteroatoms. The van der Waals surface area contributed by atoms with Crippen molar-refractivity contribution in [3.63, 3.8) is 0 Å². The first-order valence-corrected chi connectivity index (χ1v) is 6.59. The van der Waals surface area contributed by atoms with Gasteiger partial charge in [-0.15, -0.1) is 0 Å². The minimum Gasteiger partial charge on any atom is -0.465 e. The Bertz CT molecular complexity index is 702. The molecule has 0 N–H and O–H groups in total. The molecule has 1 atom stereocenters. The molecule has 1 aromatic heterocycles. The van der Waals surface area contributed by atoms with Gasteiger partial charge in [0.15, 0.2) is 0 Å². The second-order valence-electron chi connectivity index (χ2n) is 4.74. The second kappa shape index (κ2) is 6.11. The molecule has 1 unspecified atom stereocenters. The maximum absolute atomic E-state index is 12.1. The molecule has 0 aromatic carbocycles. The van der Waals surface area contributed by atoms with Crippen molar-refractivity contribution in [1.82, 2.24) is 4.57 Å². The first-order valence-electron chi connectivity index (χ1n) is 6.59. The molecule has 0 fully saturated rings. The predicted octanol–water partition coefficient (Wildman–Crippen LogP) is 0.579. The van der Waals surface area contributed by atoms with E-state index in [1.54, 1.807) is 6.92 Å². The number of hydrogen-bond acceptors (Lipinski definition) is 8. The molecule has 124 valence electrons. The smallest absolute Gasteiger partial charge is 0.355 e. The SMILES string of the molecule is COC(=O)c1c(C(=O)OC)c2n(c1C(=O)OC)C(C)COC2=O. The molecule has 0 spiro atoms. The molecule has 9 nitrogen and oxygen atoms in total. The van der Waals surface area contributed by atoms with Gasteiger partial charge in [-0.1, -0.05) is 0 Å². The van der Waals surface area contributed by atoms with Crippen LogP contribution >= 0.6 is 0 Å². The number of fused-ring (bicyclic) bond motifs is 1. The highest BCUT2D eigenvalue weighted by Crippen LogP contribution is 2.32. The van der Waals surface area contributed by atoms with Gasteiger partial charge < -0.3 is 23.5 Å². The van der Waals surface area contributed by atoms with E-state index in [0.717, 1.165) is 21.3 Å². The molecule has 1 aromatic rings. The van der Waals surface area contributed by atoms with Crippen LogP contribution in [0.4, 0.5) is 0 Å². The molecule has 0 amide bonds. The van der Waals surface area contributed by atoms with E-state index in [-0.39, 0.29) is 29.1 Å². The zero-order valence-corrected chi connectivity index (χ0v) is 13.0. The fourth-order valence-corrected chi connectivity index (χ4v) is 2.47.